The molecule has 0 amide bonds. The van der Waals surface area contributed by atoms with Gasteiger partial charge >= 0.3 is 0 Å². The number of aryl methyl sites for hydroxylation is 1. The van der Waals surface area contributed by atoms with Gasteiger partial charge in [0.2, 0.25) is 0 Å². The molecule has 1 aromatic heterocycles. The Morgan fingerprint density at radius 3 is 3.00 bits per heavy atom. The Kier molecular flexibility index (Phi) is 1.50. The largest absolute Gasteiger partial charge is 0.441 e. The minimum atomic E-state index is 0.0816. The maximum atomic E-state index is 11.1. The fraction of sp³-hybridized carbons (Fsp3) is 0.375. The molecule has 3 heteroatoms. The molecule has 11 heavy (non-hydrogen) atoms. The Balaban J connectivity index is 2.52. The molecule has 0 N–H and O–H groups in total. The standard InChI is InChI=1S/C8H7ClO2/c9-7-4-5-2-1-3-6(10)8(5)11-7/h4H,1-3H2. The van der Waals surface area contributed by atoms with Gasteiger partial charge in [0.1, 0.15) is 0 Å². The van der Waals surface area contributed by atoms with Crippen LogP contribution in [0.2, 0.25) is 5.22 Å². The quantitative estimate of drug-likeness (QED) is 0.599. The van der Waals surface area contributed by atoms with Crippen molar-refractivity contribution in [2.24, 2.45) is 0 Å². The summed E-state index contributed by atoms with van der Waals surface area (Å²) in [5.74, 6) is 0.555. The Bertz CT molecular complexity index is 301. The van der Waals surface area contributed by atoms with E-state index in [2.05, 4.69) is 0 Å². The third-order valence-corrected chi connectivity index (χ3v) is 2.07. The van der Waals surface area contributed by atoms with E-state index in [-0.39, 0.29) is 5.78 Å². The highest BCUT2D eigenvalue weighted by molar-refractivity contribution is 6.29. The molecule has 1 aromatic rings. The lowest BCUT2D eigenvalue weighted by Crippen LogP contribution is -2.07. The number of hydrogen-bond donors (Lipinski definition) is 0. The van der Waals surface area contributed by atoms with Crippen molar-refractivity contribution in [3.8, 4) is 0 Å². The van der Waals surface area contributed by atoms with Crippen LogP contribution in [0.3, 0.4) is 0 Å². The first-order valence-electron chi connectivity index (χ1n) is 3.59. The summed E-state index contributed by atoms with van der Waals surface area (Å²) in [5.41, 5.74) is 0.964. The van der Waals surface area contributed by atoms with Gasteiger partial charge in [-0.1, -0.05) is 0 Å². The first-order chi connectivity index (χ1) is 5.27. The zero-order chi connectivity index (χ0) is 7.84. The summed E-state index contributed by atoms with van der Waals surface area (Å²) in [5, 5.41) is 0.324. The summed E-state index contributed by atoms with van der Waals surface area (Å²) in [6.07, 6.45) is 2.43. The second kappa shape index (κ2) is 2.38. The molecule has 2 nitrogen and oxygen atoms in total. The van der Waals surface area contributed by atoms with Crippen molar-refractivity contribution in [3.05, 3.63) is 22.6 Å². The SMILES string of the molecule is O=C1CCCc2cc(Cl)oc21. The zero-order valence-corrected chi connectivity index (χ0v) is 6.65. The van der Waals surface area contributed by atoms with E-state index >= 15 is 0 Å². The van der Waals surface area contributed by atoms with E-state index in [4.69, 9.17) is 16.0 Å². The molecule has 58 valence electrons. The van der Waals surface area contributed by atoms with E-state index < -0.39 is 0 Å². The lowest BCUT2D eigenvalue weighted by Gasteiger charge is -2.06. The molecule has 1 aliphatic carbocycles. The van der Waals surface area contributed by atoms with Crippen molar-refractivity contribution >= 4 is 17.4 Å². The molecule has 0 spiro atoms. The number of carbonyl (C=O) groups excluding carboxylic acids is 1. The molecule has 0 saturated heterocycles. The molecule has 0 unspecified atom stereocenters. The highest BCUT2D eigenvalue weighted by Gasteiger charge is 2.21. The lowest BCUT2D eigenvalue weighted by atomic mass is 9.98. The third kappa shape index (κ3) is 1.07. The number of furan rings is 1. The topological polar surface area (TPSA) is 30.2 Å². The van der Waals surface area contributed by atoms with E-state index in [1.54, 1.807) is 6.07 Å². The Hall–Kier alpha value is -0.760. The van der Waals surface area contributed by atoms with Crippen LogP contribution in [0.1, 0.15) is 29.0 Å². The predicted molar refractivity (Wildman–Crippen MR) is 41.0 cm³/mol. The molecule has 0 aliphatic heterocycles. The highest BCUT2D eigenvalue weighted by atomic mass is 35.5. The van der Waals surface area contributed by atoms with Gasteiger partial charge in [-0.05, 0) is 30.5 Å². The minimum Gasteiger partial charge on any atom is -0.441 e. The molecule has 1 heterocycles. The van der Waals surface area contributed by atoms with Crippen LogP contribution in [0.4, 0.5) is 0 Å². The van der Waals surface area contributed by atoms with Crippen molar-refractivity contribution in [1.82, 2.24) is 0 Å². The van der Waals surface area contributed by atoms with Gasteiger partial charge in [0.25, 0.3) is 0 Å². The smallest absolute Gasteiger partial charge is 0.198 e. The summed E-state index contributed by atoms with van der Waals surface area (Å²) in [7, 11) is 0. The Morgan fingerprint density at radius 2 is 2.27 bits per heavy atom. The molecule has 0 saturated carbocycles. The van der Waals surface area contributed by atoms with Crippen molar-refractivity contribution in [2.75, 3.05) is 0 Å². The Morgan fingerprint density at radius 1 is 1.45 bits per heavy atom. The number of fused-ring (bicyclic) bond motifs is 1. The van der Waals surface area contributed by atoms with Crippen LogP contribution < -0.4 is 0 Å². The molecule has 1 aliphatic rings. The number of carbonyl (C=O) groups is 1. The second-order valence-corrected chi connectivity index (χ2v) is 3.05. The van der Waals surface area contributed by atoms with E-state index in [9.17, 15) is 4.79 Å². The second-order valence-electron chi connectivity index (χ2n) is 2.68. The van der Waals surface area contributed by atoms with Crippen LogP contribution >= 0.6 is 11.6 Å². The van der Waals surface area contributed by atoms with Gasteiger partial charge in [-0.25, -0.2) is 0 Å². The van der Waals surface area contributed by atoms with Gasteiger partial charge in [0, 0.05) is 12.0 Å². The molecule has 0 radical (unpaired) electrons. The fourth-order valence-electron chi connectivity index (χ4n) is 1.37. The normalized spacial score (nSPS) is 16.6. The first kappa shape index (κ1) is 6.92. The maximum absolute atomic E-state index is 11.1. The van der Waals surface area contributed by atoms with Gasteiger partial charge in [0.05, 0.1) is 0 Å². The van der Waals surface area contributed by atoms with Gasteiger partial charge in [0.15, 0.2) is 16.8 Å². The summed E-state index contributed by atoms with van der Waals surface area (Å²) in [6, 6.07) is 1.73. The fourth-order valence-corrected chi connectivity index (χ4v) is 1.58. The van der Waals surface area contributed by atoms with Crippen LogP contribution in [0.15, 0.2) is 10.5 Å². The minimum absolute atomic E-state index is 0.0816. The van der Waals surface area contributed by atoms with Crippen molar-refractivity contribution in [3.63, 3.8) is 0 Å². The van der Waals surface area contributed by atoms with Gasteiger partial charge in [-0.2, -0.15) is 0 Å². The van der Waals surface area contributed by atoms with Crippen molar-refractivity contribution < 1.29 is 9.21 Å². The zero-order valence-electron chi connectivity index (χ0n) is 5.89. The predicted octanol–water partition coefficient (Wildman–Crippen LogP) is 2.45. The molecule has 0 bridgehead atoms. The maximum Gasteiger partial charge on any atom is 0.198 e. The highest BCUT2D eigenvalue weighted by Crippen LogP contribution is 2.26. The molecule has 0 fully saturated rings. The number of rotatable bonds is 0. The van der Waals surface area contributed by atoms with Crippen LogP contribution in [0, 0.1) is 0 Å². The van der Waals surface area contributed by atoms with E-state index in [0.29, 0.717) is 17.4 Å². The van der Waals surface area contributed by atoms with E-state index in [0.717, 1.165) is 18.4 Å². The molecule has 0 atom stereocenters. The average molecular weight is 171 g/mol. The van der Waals surface area contributed by atoms with Gasteiger partial charge in [-0.15, -0.1) is 0 Å². The molecule has 0 aromatic carbocycles. The Labute approximate surface area is 69.1 Å². The number of halogens is 1. The molecular formula is C8H7ClO2. The van der Waals surface area contributed by atoms with Crippen LogP contribution in [-0.4, -0.2) is 5.78 Å². The van der Waals surface area contributed by atoms with Crippen molar-refractivity contribution in [1.29, 1.82) is 0 Å². The first-order valence-corrected chi connectivity index (χ1v) is 3.96. The number of hydrogen-bond acceptors (Lipinski definition) is 2. The van der Waals surface area contributed by atoms with E-state index in [1.165, 1.54) is 0 Å². The number of Topliss-reactive ketones (excluding diaryl/α,β-unsaturated/α-hetero) is 1. The summed E-state index contributed by atoms with van der Waals surface area (Å²) in [4.78, 5) is 11.1. The summed E-state index contributed by atoms with van der Waals surface area (Å²) < 4.78 is 5.03. The lowest BCUT2D eigenvalue weighted by molar-refractivity contribution is 0.0944. The van der Waals surface area contributed by atoms with Gasteiger partial charge in [-0.3, -0.25) is 4.79 Å². The summed E-state index contributed by atoms with van der Waals surface area (Å²) >= 11 is 5.60. The van der Waals surface area contributed by atoms with Crippen molar-refractivity contribution in [2.45, 2.75) is 19.3 Å². The average Bonchev–Trinajstić information content (AvgIpc) is 2.31. The summed E-state index contributed by atoms with van der Waals surface area (Å²) in [6.45, 7) is 0. The molecular weight excluding hydrogens is 164 g/mol. The van der Waals surface area contributed by atoms with Crippen LogP contribution in [0.25, 0.3) is 0 Å². The van der Waals surface area contributed by atoms with Crippen LogP contribution in [-0.2, 0) is 6.42 Å². The van der Waals surface area contributed by atoms with E-state index in [1.807, 2.05) is 0 Å². The molecule has 2 rings (SSSR count). The van der Waals surface area contributed by atoms with Crippen LogP contribution in [0.5, 0.6) is 0 Å². The number of ketones is 1. The third-order valence-electron chi connectivity index (χ3n) is 1.88. The monoisotopic (exact) mass is 170 g/mol. The van der Waals surface area contributed by atoms with Gasteiger partial charge < -0.3 is 4.42 Å².